The number of carbonyl (C=O) groups is 1. The van der Waals surface area contributed by atoms with E-state index in [0.29, 0.717) is 37.2 Å². The molecule has 2 aliphatic rings. The lowest BCUT2D eigenvalue weighted by atomic mass is 10.2. The molecule has 1 saturated heterocycles. The summed E-state index contributed by atoms with van der Waals surface area (Å²) in [6.07, 6.45) is 2.14. The van der Waals surface area contributed by atoms with Crippen LogP contribution < -0.4 is 10.6 Å². The lowest BCUT2D eigenvalue weighted by Crippen LogP contribution is -2.44. The Hall–Kier alpha value is -2.48. The molecule has 1 aromatic carbocycles. The summed E-state index contributed by atoms with van der Waals surface area (Å²) in [5.41, 5.74) is 0.377. The standard InChI is InChI=1S/C19H24F2N4O2/c1-12-6-13(12)11-27-18(17(10-22)25-4-2-23-3-5-25)19(26)24-16-8-14(20)7-15(21)9-16/h7-10,12-13,22-23H,2-6,11H2,1H3,(H,24,26). The molecular weight excluding hydrogens is 354 g/mol. The van der Waals surface area contributed by atoms with Crippen LogP contribution >= 0.6 is 0 Å². The number of anilines is 1. The fourth-order valence-electron chi connectivity index (χ4n) is 3.10. The number of benzene rings is 1. The Morgan fingerprint density at radius 2 is 1.96 bits per heavy atom. The summed E-state index contributed by atoms with van der Waals surface area (Å²) in [5.74, 6) is -1.24. The van der Waals surface area contributed by atoms with Crippen molar-refractivity contribution in [3.63, 3.8) is 0 Å². The van der Waals surface area contributed by atoms with Crippen LogP contribution in [-0.4, -0.2) is 49.8 Å². The summed E-state index contributed by atoms with van der Waals surface area (Å²) in [5, 5.41) is 13.5. The number of hydrogen-bond donors (Lipinski definition) is 3. The molecule has 146 valence electrons. The van der Waals surface area contributed by atoms with E-state index in [-0.39, 0.29) is 11.4 Å². The fourth-order valence-corrected chi connectivity index (χ4v) is 3.10. The lowest BCUT2D eigenvalue weighted by molar-refractivity contribution is -0.116. The summed E-state index contributed by atoms with van der Waals surface area (Å²) >= 11 is 0. The number of halogens is 2. The maximum absolute atomic E-state index is 13.4. The highest BCUT2D eigenvalue weighted by Gasteiger charge is 2.34. The fraction of sp³-hybridized carbons (Fsp3) is 0.474. The van der Waals surface area contributed by atoms with Crippen LogP contribution in [0.1, 0.15) is 13.3 Å². The molecule has 2 atom stereocenters. The van der Waals surface area contributed by atoms with E-state index in [1.54, 1.807) is 0 Å². The molecule has 8 heteroatoms. The number of hydrogen-bond acceptors (Lipinski definition) is 5. The van der Waals surface area contributed by atoms with Crippen molar-refractivity contribution < 1.29 is 18.3 Å². The molecule has 3 rings (SSSR count). The maximum atomic E-state index is 13.4. The Bertz CT molecular complexity index is 727. The van der Waals surface area contributed by atoms with Crippen molar-refractivity contribution in [2.75, 3.05) is 38.1 Å². The molecule has 27 heavy (non-hydrogen) atoms. The number of rotatable bonds is 7. The van der Waals surface area contributed by atoms with Crippen molar-refractivity contribution in [1.82, 2.24) is 10.2 Å². The molecule has 1 aliphatic carbocycles. The van der Waals surface area contributed by atoms with Gasteiger partial charge in [0.15, 0.2) is 0 Å². The lowest BCUT2D eigenvalue weighted by Gasteiger charge is -2.31. The minimum absolute atomic E-state index is 0.00281. The molecule has 0 radical (unpaired) electrons. The molecular formula is C19H24F2N4O2. The van der Waals surface area contributed by atoms with Crippen LogP contribution in [0.5, 0.6) is 0 Å². The van der Waals surface area contributed by atoms with Crippen molar-refractivity contribution >= 4 is 17.8 Å². The molecule has 1 amide bonds. The number of allylic oxidation sites excluding steroid dienone is 1. The van der Waals surface area contributed by atoms with Crippen molar-refractivity contribution in [2.24, 2.45) is 11.8 Å². The first kappa shape index (κ1) is 19.3. The van der Waals surface area contributed by atoms with Gasteiger partial charge in [-0.2, -0.15) is 0 Å². The van der Waals surface area contributed by atoms with E-state index in [1.807, 2.05) is 4.90 Å². The molecule has 1 heterocycles. The zero-order valence-electron chi connectivity index (χ0n) is 15.2. The Morgan fingerprint density at radius 1 is 1.33 bits per heavy atom. The normalized spacial score (nSPS) is 22.7. The first-order valence-electron chi connectivity index (χ1n) is 9.08. The number of amides is 1. The second-order valence-corrected chi connectivity index (χ2v) is 6.99. The van der Waals surface area contributed by atoms with Crippen LogP contribution in [0.2, 0.25) is 0 Å². The first-order chi connectivity index (χ1) is 13.0. The first-order valence-corrected chi connectivity index (χ1v) is 9.08. The van der Waals surface area contributed by atoms with E-state index in [4.69, 9.17) is 10.1 Å². The van der Waals surface area contributed by atoms with Crippen LogP contribution in [0.15, 0.2) is 29.7 Å². The second kappa shape index (κ2) is 8.47. The molecule has 1 aromatic rings. The van der Waals surface area contributed by atoms with Gasteiger partial charge in [-0.05, 0) is 30.4 Å². The van der Waals surface area contributed by atoms with Gasteiger partial charge in [0.2, 0.25) is 5.76 Å². The number of piperazine rings is 1. The average molecular weight is 378 g/mol. The summed E-state index contributed by atoms with van der Waals surface area (Å²) < 4.78 is 32.6. The van der Waals surface area contributed by atoms with Gasteiger partial charge in [-0.25, -0.2) is 8.78 Å². The monoisotopic (exact) mass is 378 g/mol. The number of nitrogens with zero attached hydrogens (tertiary/aromatic N) is 1. The highest BCUT2D eigenvalue weighted by atomic mass is 19.1. The van der Waals surface area contributed by atoms with Crippen molar-refractivity contribution in [1.29, 1.82) is 5.41 Å². The van der Waals surface area contributed by atoms with Gasteiger partial charge in [0.1, 0.15) is 17.3 Å². The van der Waals surface area contributed by atoms with E-state index in [2.05, 4.69) is 17.6 Å². The molecule has 2 unspecified atom stereocenters. The summed E-state index contributed by atoms with van der Waals surface area (Å²) in [4.78, 5) is 14.7. The van der Waals surface area contributed by atoms with Gasteiger partial charge >= 0.3 is 0 Å². The third-order valence-electron chi connectivity index (χ3n) is 4.87. The summed E-state index contributed by atoms with van der Waals surface area (Å²) in [6, 6.07) is 2.81. The van der Waals surface area contributed by atoms with Crippen LogP contribution in [-0.2, 0) is 9.53 Å². The van der Waals surface area contributed by atoms with E-state index >= 15 is 0 Å². The van der Waals surface area contributed by atoms with Crippen molar-refractivity contribution in [2.45, 2.75) is 13.3 Å². The Labute approximate surface area is 157 Å². The number of carbonyl (C=O) groups excluding carboxylic acids is 1. The topological polar surface area (TPSA) is 77.5 Å². The average Bonchev–Trinajstić information content (AvgIpc) is 3.33. The molecule has 2 fully saturated rings. The Kier molecular flexibility index (Phi) is 6.05. The predicted molar refractivity (Wildman–Crippen MR) is 98.5 cm³/mol. The van der Waals surface area contributed by atoms with Gasteiger partial charge in [0, 0.05) is 44.1 Å². The van der Waals surface area contributed by atoms with Crippen LogP contribution in [0, 0.1) is 28.9 Å². The van der Waals surface area contributed by atoms with Crippen LogP contribution in [0.25, 0.3) is 0 Å². The van der Waals surface area contributed by atoms with Gasteiger partial charge in [-0.15, -0.1) is 0 Å². The minimum atomic E-state index is -0.780. The zero-order valence-corrected chi connectivity index (χ0v) is 15.2. The Morgan fingerprint density at radius 3 is 2.52 bits per heavy atom. The van der Waals surface area contributed by atoms with Gasteiger partial charge < -0.3 is 25.7 Å². The second-order valence-electron chi connectivity index (χ2n) is 6.99. The van der Waals surface area contributed by atoms with Crippen molar-refractivity contribution in [3.05, 3.63) is 41.3 Å². The molecule has 1 saturated carbocycles. The maximum Gasteiger partial charge on any atom is 0.293 e. The SMILES string of the molecule is CC1CC1COC(C(=O)Nc1cc(F)cc(F)c1)=C(C=N)N1CCNCC1. The minimum Gasteiger partial charge on any atom is -0.486 e. The highest BCUT2D eigenvalue weighted by Crippen LogP contribution is 2.38. The van der Waals surface area contributed by atoms with Crippen LogP contribution in [0.3, 0.4) is 0 Å². The van der Waals surface area contributed by atoms with E-state index in [9.17, 15) is 13.6 Å². The zero-order chi connectivity index (χ0) is 19.4. The molecule has 3 N–H and O–H groups in total. The predicted octanol–water partition coefficient (Wildman–Crippen LogP) is 2.34. The van der Waals surface area contributed by atoms with Gasteiger partial charge in [-0.1, -0.05) is 6.92 Å². The van der Waals surface area contributed by atoms with Crippen molar-refractivity contribution in [3.8, 4) is 0 Å². The van der Waals surface area contributed by atoms with Gasteiger partial charge in [0.05, 0.1) is 6.61 Å². The largest absolute Gasteiger partial charge is 0.486 e. The molecule has 6 nitrogen and oxygen atoms in total. The third-order valence-corrected chi connectivity index (χ3v) is 4.87. The third kappa shape index (κ3) is 5.03. The quantitative estimate of drug-likeness (QED) is 0.387. The molecule has 1 aliphatic heterocycles. The van der Waals surface area contributed by atoms with Crippen LogP contribution in [0.4, 0.5) is 14.5 Å². The van der Waals surface area contributed by atoms with E-state index in [0.717, 1.165) is 43.9 Å². The number of nitrogens with one attached hydrogen (secondary N) is 3. The summed E-state index contributed by atoms with van der Waals surface area (Å²) in [7, 11) is 0. The molecule has 0 aromatic heterocycles. The highest BCUT2D eigenvalue weighted by molar-refractivity contribution is 6.05. The molecule has 0 bridgehead atoms. The van der Waals surface area contributed by atoms with Gasteiger partial charge in [-0.3, -0.25) is 4.79 Å². The smallest absolute Gasteiger partial charge is 0.293 e. The molecule has 0 spiro atoms. The number of ether oxygens (including phenoxy) is 1. The van der Waals surface area contributed by atoms with E-state index < -0.39 is 17.5 Å². The van der Waals surface area contributed by atoms with Gasteiger partial charge in [0.25, 0.3) is 5.91 Å². The van der Waals surface area contributed by atoms with E-state index in [1.165, 1.54) is 0 Å². The summed E-state index contributed by atoms with van der Waals surface area (Å²) in [6.45, 7) is 5.24. The Balaban J connectivity index is 1.83.